The lowest BCUT2D eigenvalue weighted by molar-refractivity contribution is 0.0944. The van der Waals surface area contributed by atoms with Gasteiger partial charge in [0.2, 0.25) is 0 Å². The molecule has 1 aliphatic heterocycles. The first kappa shape index (κ1) is 14.1. The molecule has 0 aliphatic carbocycles. The summed E-state index contributed by atoms with van der Waals surface area (Å²) < 4.78 is 0. The fourth-order valence-corrected chi connectivity index (χ4v) is 3.88. The number of Topliss-reactive ketones (excluding diaryl/α,β-unsaturated/α-hetero) is 1. The van der Waals surface area contributed by atoms with E-state index in [0.29, 0.717) is 10.6 Å². The molecular weight excluding hydrogens is 280 g/mol. The van der Waals surface area contributed by atoms with Gasteiger partial charge in [-0.05, 0) is 23.6 Å². The van der Waals surface area contributed by atoms with E-state index >= 15 is 0 Å². The molecule has 0 saturated heterocycles. The highest BCUT2D eigenvalue weighted by molar-refractivity contribution is 7.18. The van der Waals surface area contributed by atoms with Gasteiger partial charge in [-0.15, -0.1) is 11.3 Å². The van der Waals surface area contributed by atoms with Crippen LogP contribution in [-0.2, 0) is 13.0 Å². The van der Waals surface area contributed by atoms with Gasteiger partial charge < -0.3 is 10.6 Å². The molecule has 1 aromatic heterocycles. The minimum Gasteiger partial charge on any atom is -0.397 e. The Morgan fingerprint density at radius 2 is 2.00 bits per heavy atom. The minimum absolute atomic E-state index is 0.0131. The first-order valence-corrected chi connectivity index (χ1v) is 8.13. The topological polar surface area (TPSA) is 46.3 Å². The summed E-state index contributed by atoms with van der Waals surface area (Å²) in [6.07, 6.45) is 1.04. The highest BCUT2D eigenvalue weighted by Crippen LogP contribution is 2.36. The molecule has 2 aromatic rings. The number of benzene rings is 1. The van der Waals surface area contributed by atoms with E-state index in [1.807, 2.05) is 19.9 Å². The number of carbonyl (C=O) groups is 1. The number of carbonyl (C=O) groups excluding carboxylic acids is 1. The number of nitrogens with two attached hydrogens (primary N) is 1. The average Bonchev–Trinajstić information content (AvgIpc) is 2.87. The van der Waals surface area contributed by atoms with Crippen LogP contribution in [0.1, 0.15) is 34.6 Å². The van der Waals surface area contributed by atoms with Crippen LogP contribution in [0, 0.1) is 5.92 Å². The molecule has 0 saturated carbocycles. The van der Waals surface area contributed by atoms with E-state index < -0.39 is 0 Å². The van der Waals surface area contributed by atoms with Crippen LogP contribution in [-0.4, -0.2) is 12.3 Å². The van der Waals surface area contributed by atoms with Crippen LogP contribution in [0.4, 0.5) is 10.7 Å². The number of hydrogen-bond donors (Lipinski definition) is 1. The van der Waals surface area contributed by atoms with Crippen molar-refractivity contribution in [3.63, 3.8) is 0 Å². The summed E-state index contributed by atoms with van der Waals surface area (Å²) in [5.74, 6) is 0.127. The lowest BCUT2D eigenvalue weighted by Crippen LogP contribution is -2.29. The van der Waals surface area contributed by atoms with Gasteiger partial charge in [0.15, 0.2) is 5.78 Å². The van der Waals surface area contributed by atoms with Crippen molar-refractivity contribution in [1.29, 1.82) is 0 Å². The second-order valence-corrected chi connectivity index (χ2v) is 6.86. The highest BCUT2D eigenvalue weighted by Gasteiger charge is 2.22. The molecule has 2 N–H and O–H groups in total. The zero-order valence-electron chi connectivity index (χ0n) is 12.4. The second-order valence-electron chi connectivity index (χ2n) is 5.83. The smallest absolute Gasteiger partial charge is 0.177 e. The lowest BCUT2D eigenvalue weighted by atomic mass is 10.0. The van der Waals surface area contributed by atoms with Gasteiger partial charge in [-0.3, -0.25) is 4.79 Å². The third kappa shape index (κ3) is 2.68. The molecule has 0 fully saturated rings. The second kappa shape index (κ2) is 5.53. The molecule has 1 aromatic carbocycles. The molecule has 4 heteroatoms. The Hall–Kier alpha value is -1.81. The molecule has 0 radical (unpaired) electrons. The summed E-state index contributed by atoms with van der Waals surface area (Å²) in [5, 5.41) is 1.10. The molecule has 110 valence electrons. The number of anilines is 2. The van der Waals surface area contributed by atoms with Gasteiger partial charge in [0.25, 0.3) is 0 Å². The Balaban J connectivity index is 1.86. The Morgan fingerprint density at radius 1 is 1.29 bits per heavy atom. The summed E-state index contributed by atoms with van der Waals surface area (Å²) in [5.41, 5.74) is 9.46. The fourth-order valence-electron chi connectivity index (χ4n) is 2.69. The van der Waals surface area contributed by atoms with E-state index in [0.717, 1.165) is 24.5 Å². The predicted molar refractivity (Wildman–Crippen MR) is 89.1 cm³/mol. The minimum atomic E-state index is -0.0131. The van der Waals surface area contributed by atoms with Crippen molar-refractivity contribution >= 4 is 27.8 Å². The Morgan fingerprint density at radius 3 is 2.71 bits per heavy atom. The van der Waals surface area contributed by atoms with Crippen molar-refractivity contribution in [1.82, 2.24) is 0 Å². The number of fused-ring (bicyclic) bond motifs is 1. The van der Waals surface area contributed by atoms with Gasteiger partial charge in [0, 0.05) is 19.0 Å². The number of rotatable bonds is 3. The molecule has 0 bridgehead atoms. The van der Waals surface area contributed by atoms with Gasteiger partial charge in [0.05, 0.1) is 15.6 Å². The van der Waals surface area contributed by atoms with E-state index in [4.69, 9.17) is 5.73 Å². The number of nitrogen functional groups attached to an aromatic ring is 1. The number of thiophene rings is 1. The van der Waals surface area contributed by atoms with Gasteiger partial charge in [-0.25, -0.2) is 0 Å². The summed E-state index contributed by atoms with van der Waals surface area (Å²) in [7, 11) is 0. The van der Waals surface area contributed by atoms with Gasteiger partial charge in [-0.1, -0.05) is 38.1 Å². The third-order valence-corrected chi connectivity index (χ3v) is 5.16. The zero-order valence-corrected chi connectivity index (χ0v) is 13.2. The molecule has 0 spiro atoms. The molecule has 3 rings (SSSR count). The van der Waals surface area contributed by atoms with Gasteiger partial charge >= 0.3 is 0 Å². The van der Waals surface area contributed by atoms with Crippen LogP contribution >= 0.6 is 11.3 Å². The average molecular weight is 300 g/mol. The van der Waals surface area contributed by atoms with E-state index in [1.165, 1.54) is 22.5 Å². The molecule has 3 nitrogen and oxygen atoms in total. The molecule has 0 unspecified atom stereocenters. The van der Waals surface area contributed by atoms with Gasteiger partial charge in [0.1, 0.15) is 0 Å². The Labute approximate surface area is 129 Å². The standard InChI is InChI=1S/C17H20N2OS/c1-11(2)16(20)17-14(18)9-15(21-17)19-8-7-12-5-3-4-6-13(12)10-19/h3-6,9,11H,7-8,10,18H2,1-2H3. The van der Waals surface area contributed by atoms with Crippen molar-refractivity contribution < 1.29 is 4.79 Å². The molecule has 2 heterocycles. The summed E-state index contributed by atoms with van der Waals surface area (Å²) in [4.78, 5) is 15.2. The van der Waals surface area contributed by atoms with Crippen LogP contribution in [0.5, 0.6) is 0 Å². The molecule has 1 aliphatic rings. The zero-order chi connectivity index (χ0) is 15.0. The Kier molecular flexibility index (Phi) is 3.72. The molecule has 0 atom stereocenters. The summed E-state index contributed by atoms with van der Waals surface area (Å²) in [6.45, 7) is 5.70. The van der Waals surface area contributed by atoms with Crippen molar-refractivity contribution in [2.75, 3.05) is 17.2 Å². The first-order chi connectivity index (χ1) is 10.1. The predicted octanol–water partition coefficient (Wildman–Crippen LogP) is 3.73. The van der Waals surface area contributed by atoms with E-state index in [1.54, 1.807) is 0 Å². The Bertz CT molecular complexity index is 675. The van der Waals surface area contributed by atoms with Crippen molar-refractivity contribution in [3.8, 4) is 0 Å². The maximum atomic E-state index is 12.2. The van der Waals surface area contributed by atoms with Crippen LogP contribution < -0.4 is 10.6 Å². The van der Waals surface area contributed by atoms with Crippen molar-refractivity contribution in [2.24, 2.45) is 5.92 Å². The highest BCUT2D eigenvalue weighted by atomic mass is 32.1. The van der Waals surface area contributed by atoms with Crippen LogP contribution in [0.15, 0.2) is 30.3 Å². The van der Waals surface area contributed by atoms with Crippen molar-refractivity contribution in [3.05, 3.63) is 46.3 Å². The van der Waals surface area contributed by atoms with Gasteiger partial charge in [-0.2, -0.15) is 0 Å². The summed E-state index contributed by atoms with van der Waals surface area (Å²) in [6, 6.07) is 10.5. The largest absolute Gasteiger partial charge is 0.397 e. The van der Waals surface area contributed by atoms with E-state index in [2.05, 4.69) is 29.2 Å². The SMILES string of the molecule is CC(C)C(=O)c1sc(N2CCc3ccccc3C2)cc1N. The maximum absolute atomic E-state index is 12.2. The van der Waals surface area contributed by atoms with E-state index in [-0.39, 0.29) is 11.7 Å². The van der Waals surface area contributed by atoms with E-state index in [9.17, 15) is 4.79 Å². The normalized spacial score (nSPS) is 14.3. The molecule has 21 heavy (non-hydrogen) atoms. The summed E-state index contributed by atoms with van der Waals surface area (Å²) >= 11 is 1.53. The van der Waals surface area contributed by atoms with Crippen LogP contribution in [0.25, 0.3) is 0 Å². The number of nitrogens with zero attached hydrogens (tertiary/aromatic N) is 1. The quantitative estimate of drug-likeness (QED) is 0.879. The monoisotopic (exact) mass is 300 g/mol. The van der Waals surface area contributed by atoms with Crippen molar-refractivity contribution in [2.45, 2.75) is 26.8 Å². The number of ketones is 1. The number of hydrogen-bond acceptors (Lipinski definition) is 4. The fraction of sp³-hybridized carbons (Fsp3) is 0.353. The van der Waals surface area contributed by atoms with Crippen LogP contribution in [0.2, 0.25) is 0 Å². The molecule has 0 amide bonds. The molecular formula is C17H20N2OS. The maximum Gasteiger partial charge on any atom is 0.177 e. The first-order valence-electron chi connectivity index (χ1n) is 7.31. The third-order valence-electron chi connectivity index (χ3n) is 3.94. The lowest BCUT2D eigenvalue weighted by Gasteiger charge is -2.29. The van der Waals surface area contributed by atoms with Crippen LogP contribution in [0.3, 0.4) is 0 Å².